The lowest BCUT2D eigenvalue weighted by molar-refractivity contribution is 0.1000. The maximum atomic E-state index is 12.0. The van der Waals surface area contributed by atoms with Gasteiger partial charge in [-0.1, -0.05) is 12.1 Å². The summed E-state index contributed by atoms with van der Waals surface area (Å²) < 4.78 is 5.98. The lowest BCUT2D eigenvalue weighted by Crippen LogP contribution is -2.36. The highest BCUT2D eigenvalue weighted by Gasteiger charge is 2.11. The average Bonchev–Trinajstić information content (AvgIpc) is 2.90. The Morgan fingerprint density at radius 2 is 2.09 bits per heavy atom. The zero-order valence-electron chi connectivity index (χ0n) is 12.0. The van der Waals surface area contributed by atoms with E-state index in [-0.39, 0.29) is 6.03 Å². The molecule has 0 aliphatic carbocycles. The number of hydrogen-bond donors (Lipinski definition) is 2. The molecule has 0 radical (unpaired) electrons. The Hall–Kier alpha value is -2.28. The minimum Gasteiger partial charge on any atom is -0.452 e. The standard InChI is InChI=1S/C15H16BrN3O3/c1-19(9-12-5-6-13(16)22-12)15(21)18-8-10-3-2-4-11(7-10)14(17)20/h2-7H,8-9H2,1H3,(H2,17,20)(H,18,21). The summed E-state index contributed by atoms with van der Waals surface area (Å²) in [4.78, 5) is 24.6. The topological polar surface area (TPSA) is 88.6 Å². The fourth-order valence-corrected chi connectivity index (χ4v) is 2.23. The van der Waals surface area contributed by atoms with Gasteiger partial charge in [-0.15, -0.1) is 0 Å². The molecule has 0 bridgehead atoms. The van der Waals surface area contributed by atoms with Crippen LogP contribution in [-0.4, -0.2) is 23.9 Å². The monoisotopic (exact) mass is 365 g/mol. The van der Waals surface area contributed by atoms with Crippen molar-refractivity contribution in [3.8, 4) is 0 Å². The molecule has 0 fully saturated rings. The van der Waals surface area contributed by atoms with Crippen LogP contribution >= 0.6 is 15.9 Å². The molecule has 3 amide bonds. The first-order valence-corrected chi connectivity index (χ1v) is 7.37. The van der Waals surface area contributed by atoms with Gasteiger partial charge >= 0.3 is 6.03 Å². The number of carbonyl (C=O) groups excluding carboxylic acids is 2. The van der Waals surface area contributed by atoms with E-state index < -0.39 is 5.91 Å². The second-order valence-electron chi connectivity index (χ2n) is 4.79. The maximum Gasteiger partial charge on any atom is 0.317 e. The molecular weight excluding hydrogens is 350 g/mol. The predicted molar refractivity (Wildman–Crippen MR) is 85.1 cm³/mol. The molecule has 22 heavy (non-hydrogen) atoms. The van der Waals surface area contributed by atoms with Crippen molar-refractivity contribution in [3.05, 3.63) is 58.0 Å². The average molecular weight is 366 g/mol. The molecule has 6 nitrogen and oxygen atoms in total. The molecule has 0 saturated heterocycles. The molecule has 0 saturated carbocycles. The van der Waals surface area contributed by atoms with E-state index in [4.69, 9.17) is 10.2 Å². The summed E-state index contributed by atoms with van der Waals surface area (Å²) in [7, 11) is 1.67. The van der Waals surface area contributed by atoms with Gasteiger partial charge < -0.3 is 20.4 Å². The molecule has 0 aliphatic heterocycles. The van der Waals surface area contributed by atoms with Gasteiger partial charge in [-0.3, -0.25) is 4.79 Å². The lowest BCUT2D eigenvalue weighted by Gasteiger charge is -2.16. The molecule has 0 unspecified atom stereocenters. The summed E-state index contributed by atoms with van der Waals surface area (Å²) in [5.41, 5.74) is 6.45. The molecule has 3 N–H and O–H groups in total. The van der Waals surface area contributed by atoms with Crippen molar-refractivity contribution in [1.82, 2.24) is 10.2 Å². The van der Waals surface area contributed by atoms with Crippen LogP contribution < -0.4 is 11.1 Å². The van der Waals surface area contributed by atoms with E-state index in [0.29, 0.717) is 29.1 Å². The minimum absolute atomic E-state index is 0.239. The number of primary amides is 1. The number of urea groups is 1. The third-order valence-corrected chi connectivity index (χ3v) is 3.45. The van der Waals surface area contributed by atoms with Crippen LogP contribution in [0.3, 0.4) is 0 Å². The van der Waals surface area contributed by atoms with E-state index in [0.717, 1.165) is 5.56 Å². The van der Waals surface area contributed by atoms with Gasteiger partial charge in [0.15, 0.2) is 4.67 Å². The largest absolute Gasteiger partial charge is 0.452 e. The number of rotatable bonds is 5. The van der Waals surface area contributed by atoms with E-state index in [1.807, 2.05) is 6.07 Å². The van der Waals surface area contributed by atoms with Gasteiger partial charge in [-0.2, -0.15) is 0 Å². The summed E-state index contributed by atoms with van der Waals surface area (Å²) in [5.74, 6) is 0.189. The van der Waals surface area contributed by atoms with E-state index >= 15 is 0 Å². The SMILES string of the molecule is CN(Cc1ccc(Br)o1)C(=O)NCc1cccc(C(N)=O)c1. The first kappa shape index (κ1) is 16.1. The highest BCUT2D eigenvalue weighted by atomic mass is 79.9. The normalized spacial score (nSPS) is 10.3. The predicted octanol–water partition coefficient (Wildman–Crippen LogP) is 2.48. The number of halogens is 1. The third kappa shape index (κ3) is 4.36. The summed E-state index contributed by atoms with van der Waals surface area (Å²) >= 11 is 3.22. The van der Waals surface area contributed by atoms with Crippen molar-refractivity contribution < 1.29 is 14.0 Å². The van der Waals surface area contributed by atoms with Crippen LogP contribution in [0.15, 0.2) is 45.5 Å². The van der Waals surface area contributed by atoms with E-state index in [2.05, 4.69) is 21.2 Å². The fourth-order valence-electron chi connectivity index (χ4n) is 1.89. The maximum absolute atomic E-state index is 12.0. The number of carbonyl (C=O) groups is 2. The zero-order valence-corrected chi connectivity index (χ0v) is 13.6. The zero-order chi connectivity index (χ0) is 16.1. The number of nitrogens with two attached hydrogens (primary N) is 1. The Kier molecular flexibility index (Phi) is 5.21. The van der Waals surface area contributed by atoms with Gasteiger partial charge in [0.1, 0.15) is 5.76 Å². The number of furan rings is 1. The second-order valence-corrected chi connectivity index (χ2v) is 5.57. The molecule has 1 aromatic heterocycles. The number of hydrogen-bond acceptors (Lipinski definition) is 3. The van der Waals surface area contributed by atoms with Crippen molar-refractivity contribution in [1.29, 1.82) is 0 Å². The minimum atomic E-state index is -0.492. The Morgan fingerprint density at radius 1 is 1.32 bits per heavy atom. The van der Waals surface area contributed by atoms with Gasteiger partial charge in [0.25, 0.3) is 0 Å². The summed E-state index contributed by atoms with van der Waals surface area (Å²) in [5, 5.41) is 2.77. The van der Waals surface area contributed by atoms with Gasteiger partial charge in [0, 0.05) is 19.2 Å². The molecule has 2 aromatic rings. The number of amides is 3. The molecule has 1 aromatic carbocycles. The summed E-state index contributed by atoms with van der Waals surface area (Å²) in [6.45, 7) is 0.672. The van der Waals surface area contributed by atoms with Crippen LogP contribution in [0, 0.1) is 0 Å². The second kappa shape index (κ2) is 7.13. The van der Waals surface area contributed by atoms with Crippen LogP contribution in [-0.2, 0) is 13.1 Å². The highest BCUT2D eigenvalue weighted by molar-refractivity contribution is 9.10. The van der Waals surface area contributed by atoms with Gasteiger partial charge in [-0.25, -0.2) is 4.79 Å². The van der Waals surface area contributed by atoms with E-state index in [1.54, 1.807) is 37.4 Å². The number of benzene rings is 1. The summed E-state index contributed by atoms with van der Waals surface area (Å²) in [6.07, 6.45) is 0. The third-order valence-electron chi connectivity index (χ3n) is 3.02. The smallest absolute Gasteiger partial charge is 0.317 e. The molecule has 0 aliphatic rings. The van der Waals surface area contributed by atoms with Crippen LogP contribution in [0.25, 0.3) is 0 Å². The molecular formula is C15H16BrN3O3. The highest BCUT2D eigenvalue weighted by Crippen LogP contribution is 2.15. The van der Waals surface area contributed by atoms with Crippen molar-refractivity contribution >= 4 is 27.9 Å². The van der Waals surface area contributed by atoms with Crippen LogP contribution in [0.5, 0.6) is 0 Å². The number of nitrogens with one attached hydrogen (secondary N) is 1. The lowest BCUT2D eigenvalue weighted by atomic mass is 10.1. The van der Waals surface area contributed by atoms with Crippen LogP contribution in [0.4, 0.5) is 4.79 Å². The van der Waals surface area contributed by atoms with E-state index in [9.17, 15) is 9.59 Å². The fraction of sp³-hybridized carbons (Fsp3) is 0.200. The summed E-state index contributed by atoms with van der Waals surface area (Å²) in [6, 6.07) is 10.2. The first-order chi connectivity index (χ1) is 10.5. The molecule has 0 atom stereocenters. The Bertz CT molecular complexity index is 684. The molecule has 116 valence electrons. The molecule has 2 rings (SSSR count). The van der Waals surface area contributed by atoms with E-state index in [1.165, 1.54) is 4.90 Å². The molecule has 0 spiro atoms. The van der Waals surface area contributed by atoms with Gasteiger partial charge in [-0.05, 0) is 45.8 Å². The van der Waals surface area contributed by atoms with Crippen LogP contribution in [0.1, 0.15) is 21.7 Å². The first-order valence-electron chi connectivity index (χ1n) is 6.57. The Labute approximate surface area is 136 Å². The van der Waals surface area contributed by atoms with Crippen molar-refractivity contribution in [2.45, 2.75) is 13.1 Å². The quantitative estimate of drug-likeness (QED) is 0.852. The Morgan fingerprint density at radius 3 is 2.73 bits per heavy atom. The molecule has 1 heterocycles. The van der Waals surface area contributed by atoms with Crippen molar-refractivity contribution in [2.75, 3.05) is 7.05 Å². The van der Waals surface area contributed by atoms with Crippen LogP contribution in [0.2, 0.25) is 0 Å². The Balaban J connectivity index is 1.89. The van der Waals surface area contributed by atoms with Crippen molar-refractivity contribution in [3.63, 3.8) is 0 Å². The van der Waals surface area contributed by atoms with Crippen molar-refractivity contribution in [2.24, 2.45) is 5.73 Å². The van der Waals surface area contributed by atoms with Gasteiger partial charge in [0.05, 0.1) is 6.54 Å². The van der Waals surface area contributed by atoms with Gasteiger partial charge in [0.2, 0.25) is 5.91 Å². The number of nitrogens with zero attached hydrogens (tertiary/aromatic N) is 1. The molecule has 7 heteroatoms.